The molecule has 0 fully saturated rings. The molecule has 0 bridgehead atoms. The summed E-state index contributed by atoms with van der Waals surface area (Å²) in [4.78, 5) is 37.8. The highest BCUT2D eigenvalue weighted by atomic mass is 31.2. The number of hydrogen-bond acceptors (Lipinski definition) is 6. The van der Waals surface area contributed by atoms with Gasteiger partial charge in [0.15, 0.2) is 0 Å². The molecule has 0 rings (SSSR count). The first-order chi connectivity index (χ1) is 38.4. The van der Waals surface area contributed by atoms with Gasteiger partial charge >= 0.3 is 13.8 Å². The van der Waals surface area contributed by atoms with Crippen LogP contribution < -0.4 is 5.32 Å². The summed E-state index contributed by atoms with van der Waals surface area (Å²) in [6.07, 6.45) is 70.8. The lowest BCUT2D eigenvalue weighted by atomic mass is 10.0. The van der Waals surface area contributed by atoms with E-state index in [0.29, 0.717) is 23.9 Å². The second-order valence-electron chi connectivity index (χ2n) is 25.4. The number of esters is 1. The van der Waals surface area contributed by atoms with Crippen molar-refractivity contribution in [2.45, 2.75) is 380 Å². The Morgan fingerprint density at radius 1 is 0.430 bits per heavy atom. The summed E-state index contributed by atoms with van der Waals surface area (Å²) in [5.41, 5.74) is 0. The molecule has 0 aliphatic heterocycles. The molecule has 0 aromatic rings. The fourth-order valence-electron chi connectivity index (χ4n) is 10.8. The van der Waals surface area contributed by atoms with Crippen molar-refractivity contribution in [1.29, 1.82) is 0 Å². The van der Waals surface area contributed by atoms with Crippen LogP contribution in [0.2, 0.25) is 0 Å². The van der Waals surface area contributed by atoms with Crippen molar-refractivity contribution >= 4 is 19.7 Å². The van der Waals surface area contributed by atoms with Crippen LogP contribution in [0.1, 0.15) is 367 Å². The van der Waals surface area contributed by atoms with Crippen molar-refractivity contribution in [1.82, 2.24) is 5.32 Å². The number of amides is 1. The minimum Gasteiger partial charge on any atom is -0.456 e. The Bertz CT molecular complexity index is 1360. The van der Waals surface area contributed by atoms with E-state index in [-0.39, 0.29) is 25.1 Å². The second kappa shape index (κ2) is 59.9. The maximum Gasteiger partial charge on any atom is 0.472 e. The molecule has 0 heterocycles. The topological polar surface area (TPSA) is 111 Å². The predicted octanol–water partition coefficient (Wildman–Crippen LogP) is 21.9. The zero-order chi connectivity index (χ0) is 57.9. The van der Waals surface area contributed by atoms with E-state index < -0.39 is 20.0 Å². The number of carbonyl (C=O) groups is 2. The van der Waals surface area contributed by atoms with Gasteiger partial charge in [-0.25, -0.2) is 4.57 Å². The first-order valence-corrected chi connectivity index (χ1v) is 36.5. The van der Waals surface area contributed by atoms with Gasteiger partial charge < -0.3 is 19.4 Å². The van der Waals surface area contributed by atoms with E-state index in [1.165, 1.54) is 276 Å². The van der Waals surface area contributed by atoms with Crippen LogP contribution in [0, 0.1) is 0 Å². The number of carbonyl (C=O) groups excluding carboxylic acids is 2. The number of rotatable bonds is 65. The van der Waals surface area contributed by atoms with Crippen molar-refractivity contribution < 1.29 is 37.3 Å². The summed E-state index contributed by atoms with van der Waals surface area (Å²) >= 11 is 0. The van der Waals surface area contributed by atoms with E-state index in [2.05, 4.69) is 32.2 Å². The van der Waals surface area contributed by atoms with Crippen molar-refractivity contribution in [2.24, 2.45) is 0 Å². The quantitative estimate of drug-likeness (QED) is 0.0205. The lowest BCUT2D eigenvalue weighted by molar-refractivity contribution is -0.870. The molecule has 2 N–H and O–H groups in total. The maximum absolute atomic E-state index is 13.6. The minimum atomic E-state index is -4.44. The van der Waals surface area contributed by atoms with Gasteiger partial charge in [-0.1, -0.05) is 335 Å². The van der Waals surface area contributed by atoms with E-state index in [9.17, 15) is 19.0 Å². The zero-order valence-corrected chi connectivity index (χ0v) is 54.8. The van der Waals surface area contributed by atoms with Gasteiger partial charge in [0, 0.05) is 12.8 Å². The summed E-state index contributed by atoms with van der Waals surface area (Å²) in [6.45, 7) is 7.09. The molecule has 9 nitrogen and oxygen atoms in total. The fraction of sp³-hybridized carbons (Fsp3) is 0.942. The number of ether oxygens (including phenoxy) is 1. The Labute approximate surface area is 492 Å². The molecule has 3 unspecified atom stereocenters. The summed E-state index contributed by atoms with van der Waals surface area (Å²) in [7, 11) is 1.52. The number of unbranched alkanes of at least 4 members (excludes halogenated alkanes) is 49. The summed E-state index contributed by atoms with van der Waals surface area (Å²) in [5.74, 6) is -0.478. The lowest BCUT2D eigenvalue weighted by Gasteiger charge is -2.27. The third-order valence-electron chi connectivity index (χ3n) is 16.2. The Balaban J connectivity index is 5.02. The van der Waals surface area contributed by atoms with E-state index >= 15 is 0 Å². The van der Waals surface area contributed by atoms with Gasteiger partial charge in [-0.3, -0.25) is 18.6 Å². The van der Waals surface area contributed by atoms with E-state index in [4.69, 9.17) is 13.8 Å². The monoisotopic (exact) mass is 1140 g/mol. The molecule has 0 aliphatic rings. The smallest absolute Gasteiger partial charge is 0.456 e. The number of allylic oxidation sites excluding steroid dienone is 1. The Kier molecular flexibility index (Phi) is 58.9. The molecular formula is C69H138N2O7P+. The average molecular weight is 1140 g/mol. The maximum atomic E-state index is 13.6. The molecule has 0 saturated heterocycles. The molecule has 470 valence electrons. The van der Waals surface area contributed by atoms with Crippen molar-refractivity contribution in [3.05, 3.63) is 12.2 Å². The third kappa shape index (κ3) is 61.1. The molecule has 10 heteroatoms. The van der Waals surface area contributed by atoms with Crippen LogP contribution >= 0.6 is 7.82 Å². The van der Waals surface area contributed by atoms with Crippen LogP contribution in [-0.2, 0) is 27.9 Å². The predicted molar refractivity (Wildman–Crippen MR) is 342 cm³/mol. The van der Waals surface area contributed by atoms with Crippen LogP contribution in [0.25, 0.3) is 0 Å². The summed E-state index contributed by atoms with van der Waals surface area (Å²) in [5, 5.41) is 3.08. The number of nitrogens with one attached hydrogen (secondary N) is 1. The third-order valence-corrected chi connectivity index (χ3v) is 17.2. The summed E-state index contributed by atoms with van der Waals surface area (Å²) < 4.78 is 30.8. The largest absolute Gasteiger partial charge is 0.472 e. The van der Waals surface area contributed by atoms with Crippen LogP contribution in [0.3, 0.4) is 0 Å². The molecule has 0 saturated carbocycles. The lowest BCUT2D eigenvalue weighted by Crippen LogP contribution is -2.47. The Morgan fingerprint density at radius 2 is 0.722 bits per heavy atom. The van der Waals surface area contributed by atoms with Gasteiger partial charge in [0.25, 0.3) is 0 Å². The molecule has 0 aliphatic carbocycles. The van der Waals surface area contributed by atoms with Crippen LogP contribution in [0.15, 0.2) is 12.2 Å². The van der Waals surface area contributed by atoms with Crippen LogP contribution in [-0.4, -0.2) is 74.3 Å². The van der Waals surface area contributed by atoms with Crippen LogP contribution in [0.4, 0.5) is 0 Å². The standard InChI is InChI=1S/C69H137N2O7P/c1-7-10-13-16-19-22-25-28-30-31-32-33-34-35-36-37-38-39-41-43-46-49-52-55-58-61-68(72)70-66(65-77-79(74,75)76-64-63-71(4,5)6)67(60-57-54-51-48-45-42-27-24-21-18-15-12-9-3)78-69(73)62-59-56-53-50-47-44-40-29-26-23-20-17-14-11-8-2/h57,60,66-67H,7-56,58-59,61-65H2,1-6H3,(H-,70,72,74,75)/p+1/b60-57-. The molecule has 0 radical (unpaired) electrons. The Hall–Kier alpha value is -1.25. The van der Waals surface area contributed by atoms with E-state index in [0.717, 1.165) is 57.8 Å². The molecule has 3 atom stereocenters. The van der Waals surface area contributed by atoms with Gasteiger partial charge in [0.05, 0.1) is 33.8 Å². The van der Waals surface area contributed by atoms with Gasteiger partial charge in [-0.2, -0.15) is 0 Å². The van der Waals surface area contributed by atoms with Gasteiger partial charge in [-0.15, -0.1) is 0 Å². The number of phosphoric acid groups is 1. The van der Waals surface area contributed by atoms with Crippen molar-refractivity contribution in [3.8, 4) is 0 Å². The number of phosphoric ester groups is 1. The number of quaternary nitrogens is 1. The molecule has 0 spiro atoms. The van der Waals surface area contributed by atoms with E-state index in [1.807, 2.05) is 27.2 Å². The highest BCUT2D eigenvalue weighted by Crippen LogP contribution is 2.43. The van der Waals surface area contributed by atoms with Gasteiger partial charge in [0.2, 0.25) is 5.91 Å². The number of nitrogens with zero attached hydrogens (tertiary/aromatic N) is 1. The number of likely N-dealkylation sites (N-methyl/N-ethyl adjacent to an activating group) is 1. The van der Waals surface area contributed by atoms with Gasteiger partial charge in [0.1, 0.15) is 19.3 Å². The first-order valence-electron chi connectivity index (χ1n) is 35.0. The minimum absolute atomic E-state index is 0.0461. The van der Waals surface area contributed by atoms with Crippen molar-refractivity contribution in [3.63, 3.8) is 0 Å². The first kappa shape index (κ1) is 77.8. The molecule has 1 amide bonds. The Morgan fingerprint density at radius 3 is 1.04 bits per heavy atom. The number of hydrogen-bond donors (Lipinski definition) is 2. The fourth-order valence-corrected chi connectivity index (χ4v) is 11.6. The highest BCUT2D eigenvalue weighted by molar-refractivity contribution is 7.47. The molecule has 0 aromatic carbocycles. The van der Waals surface area contributed by atoms with E-state index in [1.54, 1.807) is 0 Å². The highest BCUT2D eigenvalue weighted by Gasteiger charge is 2.30. The average Bonchev–Trinajstić information content (AvgIpc) is 3.41. The summed E-state index contributed by atoms with van der Waals surface area (Å²) in [6, 6.07) is -0.840. The van der Waals surface area contributed by atoms with Crippen LogP contribution in [0.5, 0.6) is 0 Å². The zero-order valence-electron chi connectivity index (χ0n) is 53.9. The molecular weight excluding hydrogens is 1000 g/mol. The van der Waals surface area contributed by atoms with Gasteiger partial charge in [-0.05, 0) is 31.8 Å². The molecule has 79 heavy (non-hydrogen) atoms. The second-order valence-corrected chi connectivity index (χ2v) is 26.9. The van der Waals surface area contributed by atoms with Crippen molar-refractivity contribution in [2.75, 3.05) is 40.9 Å². The normalized spacial score (nSPS) is 13.6. The molecule has 0 aromatic heterocycles. The SMILES string of the molecule is CCCCCCCCCCCCC/C=C\C(OC(=O)CCCCCCCCCCCCCCCCC)C(COP(=O)(O)OCC[N+](C)(C)C)NC(=O)CCCCCCCCCCCCCCCCCCCCCCCCCCC.